The van der Waals surface area contributed by atoms with Crippen molar-refractivity contribution in [1.82, 2.24) is 0 Å². The molecule has 1 radical (unpaired) electrons. The van der Waals surface area contributed by atoms with Crippen molar-refractivity contribution in [3.63, 3.8) is 0 Å². The molecule has 0 spiro atoms. The summed E-state index contributed by atoms with van der Waals surface area (Å²) in [5.41, 5.74) is -0.394. The minimum Gasteiger partial charge on any atom is -0.403 e. The Morgan fingerprint density at radius 3 is 2.00 bits per heavy atom. The molecule has 0 aliphatic carbocycles. The number of hydrogen-bond acceptors (Lipinski definition) is 2. The lowest BCUT2D eigenvalue weighted by atomic mass is 9.82. The molecule has 0 N–H and O–H groups in total. The van der Waals surface area contributed by atoms with Gasteiger partial charge in [-0.1, -0.05) is 39.0 Å². The van der Waals surface area contributed by atoms with Gasteiger partial charge in [0.1, 0.15) is 0 Å². The van der Waals surface area contributed by atoms with Crippen LogP contribution < -0.4 is 0 Å². The quantitative estimate of drug-likeness (QED) is 0.505. The lowest BCUT2D eigenvalue weighted by Crippen LogP contribution is -2.41. The van der Waals surface area contributed by atoms with Crippen molar-refractivity contribution in [2.45, 2.75) is 77.9 Å². The second-order valence-corrected chi connectivity index (χ2v) is 5.71. The molecule has 1 saturated heterocycles. The minimum atomic E-state index is -0.197. The monoisotopic (exact) mass is 225 g/mol. The van der Waals surface area contributed by atoms with Gasteiger partial charge < -0.3 is 9.31 Å². The lowest BCUT2D eigenvalue weighted by molar-refractivity contribution is 0.00578. The van der Waals surface area contributed by atoms with Crippen molar-refractivity contribution in [2.24, 2.45) is 0 Å². The highest BCUT2D eigenvalue weighted by Crippen LogP contribution is 2.37. The van der Waals surface area contributed by atoms with Crippen LogP contribution in [-0.2, 0) is 9.31 Å². The van der Waals surface area contributed by atoms with Crippen LogP contribution in [0.4, 0.5) is 0 Å². The third-order valence-corrected chi connectivity index (χ3v) is 3.69. The molecule has 1 rings (SSSR count). The van der Waals surface area contributed by atoms with Gasteiger partial charge in [-0.25, -0.2) is 0 Å². The summed E-state index contributed by atoms with van der Waals surface area (Å²) >= 11 is 0. The summed E-state index contributed by atoms with van der Waals surface area (Å²) in [6, 6.07) is 0. The summed E-state index contributed by atoms with van der Waals surface area (Å²) in [6.07, 6.45) is 8.45. The molecule has 1 fully saturated rings. The maximum absolute atomic E-state index is 5.89. The number of rotatable bonds is 6. The van der Waals surface area contributed by atoms with Gasteiger partial charge in [0.2, 0.25) is 0 Å². The first-order chi connectivity index (χ1) is 7.39. The van der Waals surface area contributed by atoms with Crippen LogP contribution in [0, 0.1) is 6.32 Å². The molecule has 0 amide bonds. The van der Waals surface area contributed by atoms with E-state index in [1.54, 1.807) is 0 Å². The number of hydrogen-bond donors (Lipinski definition) is 0. The topological polar surface area (TPSA) is 18.5 Å². The van der Waals surface area contributed by atoms with E-state index in [2.05, 4.69) is 40.9 Å². The zero-order valence-electron chi connectivity index (χ0n) is 11.5. The highest BCUT2D eigenvalue weighted by molar-refractivity contribution is 6.49. The van der Waals surface area contributed by atoms with Crippen LogP contribution in [-0.4, -0.2) is 18.3 Å². The molecule has 0 atom stereocenters. The zero-order chi connectivity index (χ0) is 12.2. The molecule has 1 aliphatic heterocycles. The minimum absolute atomic E-state index is 0.119. The Morgan fingerprint density at radius 2 is 1.50 bits per heavy atom. The van der Waals surface area contributed by atoms with E-state index >= 15 is 0 Å². The Bertz CT molecular complexity index is 198. The van der Waals surface area contributed by atoms with E-state index in [4.69, 9.17) is 9.31 Å². The van der Waals surface area contributed by atoms with E-state index < -0.39 is 0 Å². The van der Waals surface area contributed by atoms with E-state index in [-0.39, 0.29) is 18.3 Å². The van der Waals surface area contributed by atoms with Gasteiger partial charge in [-0.15, -0.1) is 0 Å². The van der Waals surface area contributed by atoms with Crippen molar-refractivity contribution in [3.8, 4) is 0 Å². The maximum atomic E-state index is 5.89. The average molecular weight is 225 g/mol. The molecule has 93 valence electrons. The zero-order valence-corrected chi connectivity index (χ0v) is 11.5. The summed E-state index contributed by atoms with van der Waals surface area (Å²) in [7, 11) is -0.119. The fourth-order valence-corrected chi connectivity index (χ4v) is 1.81. The van der Waals surface area contributed by atoms with Gasteiger partial charge in [0.05, 0.1) is 11.2 Å². The normalized spacial score (nSPS) is 22.7. The molecule has 0 bridgehead atoms. The molecular weight excluding hydrogens is 199 g/mol. The Kier molecular flexibility index (Phi) is 4.87. The molecule has 0 aromatic carbocycles. The van der Waals surface area contributed by atoms with Crippen LogP contribution in [0.3, 0.4) is 0 Å². The van der Waals surface area contributed by atoms with Crippen LogP contribution in [0.1, 0.15) is 66.7 Å². The number of unbranched alkanes of at least 4 members (excludes halogenated alkanes) is 4. The van der Waals surface area contributed by atoms with Crippen LogP contribution in [0.2, 0.25) is 0 Å². The smallest absolute Gasteiger partial charge is 0.403 e. The van der Waals surface area contributed by atoms with Gasteiger partial charge in [0.15, 0.2) is 0 Å². The third kappa shape index (κ3) is 3.49. The average Bonchev–Trinajstić information content (AvgIpc) is 2.35. The van der Waals surface area contributed by atoms with Crippen LogP contribution in [0.15, 0.2) is 0 Å². The van der Waals surface area contributed by atoms with Crippen LogP contribution in [0.25, 0.3) is 0 Å². The molecular formula is C13H26BO2. The standard InChI is InChI=1S/C13H26BO2/c1-6-7-8-9-10-11-14-15-12(2,3)13(4,5)16-14/h11H,6-10H2,1-5H3. The Hall–Kier alpha value is -0.0151. The Balaban J connectivity index is 2.21. The van der Waals surface area contributed by atoms with Crippen molar-refractivity contribution >= 4 is 7.12 Å². The molecule has 0 unspecified atom stereocenters. The van der Waals surface area contributed by atoms with Gasteiger partial charge >= 0.3 is 7.12 Å². The van der Waals surface area contributed by atoms with E-state index in [1.807, 2.05) is 0 Å². The van der Waals surface area contributed by atoms with Crippen molar-refractivity contribution < 1.29 is 9.31 Å². The molecule has 1 heterocycles. The first-order valence-corrected chi connectivity index (χ1v) is 6.58. The third-order valence-electron chi connectivity index (χ3n) is 3.69. The van der Waals surface area contributed by atoms with E-state index in [9.17, 15) is 0 Å². The molecule has 0 aromatic rings. The highest BCUT2D eigenvalue weighted by Gasteiger charge is 2.50. The van der Waals surface area contributed by atoms with Gasteiger partial charge in [0, 0.05) is 0 Å². The largest absolute Gasteiger partial charge is 0.460 e. The summed E-state index contributed by atoms with van der Waals surface area (Å²) in [5, 5.41) is 0. The molecule has 0 aromatic heterocycles. The predicted octanol–water partition coefficient (Wildman–Crippen LogP) is 3.79. The van der Waals surface area contributed by atoms with Crippen molar-refractivity contribution in [2.75, 3.05) is 0 Å². The molecule has 1 aliphatic rings. The molecule has 2 nitrogen and oxygen atoms in total. The van der Waals surface area contributed by atoms with E-state index in [1.165, 1.54) is 25.7 Å². The van der Waals surface area contributed by atoms with Crippen LogP contribution in [0.5, 0.6) is 0 Å². The van der Waals surface area contributed by atoms with Gasteiger partial charge in [-0.3, -0.25) is 0 Å². The van der Waals surface area contributed by atoms with Crippen LogP contribution >= 0.6 is 0 Å². The van der Waals surface area contributed by atoms with Gasteiger partial charge in [-0.05, 0) is 34.0 Å². The fourth-order valence-electron chi connectivity index (χ4n) is 1.81. The summed E-state index contributed by atoms with van der Waals surface area (Å²) in [4.78, 5) is 0. The van der Waals surface area contributed by atoms with Crippen molar-refractivity contribution in [3.05, 3.63) is 6.32 Å². The van der Waals surface area contributed by atoms with E-state index in [0.717, 1.165) is 6.42 Å². The summed E-state index contributed by atoms with van der Waals surface area (Å²) in [5.74, 6) is 0. The lowest BCUT2D eigenvalue weighted by Gasteiger charge is -2.32. The molecule has 3 heteroatoms. The summed E-state index contributed by atoms with van der Waals surface area (Å²) < 4.78 is 11.8. The first-order valence-electron chi connectivity index (χ1n) is 6.58. The first kappa shape index (κ1) is 14.0. The SMILES string of the molecule is CCCCCC[CH]B1OC(C)(C)C(C)(C)O1. The van der Waals surface area contributed by atoms with Crippen molar-refractivity contribution in [1.29, 1.82) is 0 Å². The van der Waals surface area contributed by atoms with E-state index in [0.29, 0.717) is 0 Å². The molecule has 16 heavy (non-hydrogen) atoms. The second-order valence-electron chi connectivity index (χ2n) is 5.71. The van der Waals surface area contributed by atoms with Gasteiger partial charge in [0.25, 0.3) is 0 Å². The summed E-state index contributed by atoms with van der Waals surface area (Å²) in [6.45, 7) is 10.6. The maximum Gasteiger partial charge on any atom is 0.460 e. The van der Waals surface area contributed by atoms with Gasteiger partial charge in [-0.2, -0.15) is 0 Å². The fraction of sp³-hybridized carbons (Fsp3) is 0.923. The highest BCUT2D eigenvalue weighted by atomic mass is 16.7. The predicted molar refractivity (Wildman–Crippen MR) is 69.1 cm³/mol. The molecule has 0 saturated carbocycles. The Labute approximate surface area is 101 Å². The Morgan fingerprint density at radius 1 is 0.938 bits per heavy atom. The second kappa shape index (κ2) is 5.55.